The summed E-state index contributed by atoms with van der Waals surface area (Å²) in [6.45, 7) is 1.98. The highest BCUT2D eigenvalue weighted by Crippen LogP contribution is 2.16. The number of nitrogens with one attached hydrogen (secondary N) is 1. The Morgan fingerprint density at radius 1 is 1.80 bits per heavy atom. The highest BCUT2D eigenvalue weighted by molar-refractivity contribution is 14.1. The Kier molecular flexibility index (Phi) is 2.12. The Hall–Kier alpha value is -0.330. The van der Waals surface area contributed by atoms with E-state index < -0.39 is 0 Å². The van der Waals surface area contributed by atoms with Crippen LogP contribution in [0.2, 0.25) is 0 Å². The average molecular weight is 253 g/mol. The molecular weight excluding hydrogens is 245 g/mol. The smallest absolute Gasteiger partial charge is 0.281 e. The molecule has 56 valence electrons. The Bertz CT molecular complexity index is 275. The SMILES string of the molecule is CC(I)c1n[nH]c(=O)n1C. The number of hydrogen-bond acceptors (Lipinski definition) is 2. The van der Waals surface area contributed by atoms with Gasteiger partial charge in [0.1, 0.15) is 5.82 Å². The molecule has 0 saturated carbocycles. The second kappa shape index (κ2) is 2.73. The van der Waals surface area contributed by atoms with Crippen molar-refractivity contribution >= 4 is 22.6 Å². The van der Waals surface area contributed by atoms with Gasteiger partial charge in [0.05, 0.1) is 3.92 Å². The summed E-state index contributed by atoms with van der Waals surface area (Å²) in [4.78, 5) is 10.8. The maximum Gasteiger partial charge on any atom is 0.343 e. The predicted octanol–water partition coefficient (Wildman–Crippen LogP) is 0.604. The van der Waals surface area contributed by atoms with Crippen LogP contribution in [0.1, 0.15) is 16.7 Å². The van der Waals surface area contributed by atoms with Crippen molar-refractivity contribution in [3.63, 3.8) is 0 Å². The van der Waals surface area contributed by atoms with Gasteiger partial charge in [0.15, 0.2) is 0 Å². The number of aromatic amines is 1. The van der Waals surface area contributed by atoms with Crippen molar-refractivity contribution in [3.8, 4) is 0 Å². The summed E-state index contributed by atoms with van der Waals surface area (Å²) < 4.78 is 1.78. The Morgan fingerprint density at radius 3 is 2.60 bits per heavy atom. The summed E-state index contributed by atoms with van der Waals surface area (Å²) in [7, 11) is 1.70. The molecule has 0 aliphatic heterocycles. The molecule has 0 bridgehead atoms. The largest absolute Gasteiger partial charge is 0.343 e. The number of alkyl halides is 1. The fraction of sp³-hybridized carbons (Fsp3) is 0.600. The molecule has 4 nitrogen and oxygen atoms in total. The second-order valence-electron chi connectivity index (χ2n) is 2.06. The lowest BCUT2D eigenvalue weighted by molar-refractivity contribution is 0.788. The molecule has 0 amide bonds. The lowest BCUT2D eigenvalue weighted by Gasteiger charge is -1.98. The van der Waals surface area contributed by atoms with Crippen LogP contribution in [0, 0.1) is 0 Å². The topological polar surface area (TPSA) is 50.7 Å². The third-order valence-electron chi connectivity index (χ3n) is 1.27. The monoisotopic (exact) mass is 253 g/mol. The summed E-state index contributed by atoms with van der Waals surface area (Å²) in [6.07, 6.45) is 0. The molecule has 1 aromatic heterocycles. The van der Waals surface area contributed by atoms with Crippen molar-refractivity contribution in [2.45, 2.75) is 10.8 Å². The van der Waals surface area contributed by atoms with Gasteiger partial charge in [-0.15, -0.1) is 0 Å². The standard InChI is InChI=1S/C5H8IN3O/c1-3(6)4-7-8-5(10)9(4)2/h3H,1-2H3,(H,8,10). The second-order valence-corrected chi connectivity index (χ2v) is 3.93. The van der Waals surface area contributed by atoms with Gasteiger partial charge in [-0.05, 0) is 6.92 Å². The van der Waals surface area contributed by atoms with Gasteiger partial charge in [0, 0.05) is 7.05 Å². The molecule has 0 aromatic carbocycles. The molecule has 1 aromatic rings. The van der Waals surface area contributed by atoms with Crippen LogP contribution in [0.5, 0.6) is 0 Å². The molecule has 0 aliphatic rings. The van der Waals surface area contributed by atoms with Crippen molar-refractivity contribution in [1.82, 2.24) is 14.8 Å². The number of hydrogen-bond donors (Lipinski definition) is 1. The van der Waals surface area contributed by atoms with Crippen molar-refractivity contribution in [1.29, 1.82) is 0 Å². The first-order valence-corrected chi connectivity index (χ1v) is 4.13. The Balaban J connectivity index is 3.18. The molecule has 0 spiro atoms. The zero-order valence-corrected chi connectivity index (χ0v) is 7.92. The van der Waals surface area contributed by atoms with Crippen LogP contribution in [0.25, 0.3) is 0 Å². The molecule has 1 heterocycles. The Labute approximate surface area is 71.8 Å². The molecular formula is C5H8IN3O. The van der Waals surface area contributed by atoms with Crippen LogP contribution in [0.15, 0.2) is 4.79 Å². The lowest BCUT2D eigenvalue weighted by atomic mass is 10.5. The molecule has 5 heteroatoms. The molecule has 10 heavy (non-hydrogen) atoms. The maximum absolute atomic E-state index is 10.8. The predicted molar refractivity (Wildman–Crippen MR) is 46.3 cm³/mol. The lowest BCUT2D eigenvalue weighted by Crippen LogP contribution is -2.14. The highest BCUT2D eigenvalue weighted by Gasteiger charge is 2.07. The number of H-pyrrole nitrogens is 1. The molecule has 0 radical (unpaired) electrons. The van der Waals surface area contributed by atoms with Gasteiger partial charge in [0.25, 0.3) is 0 Å². The first kappa shape index (κ1) is 7.77. The molecule has 0 saturated heterocycles. The zero-order valence-electron chi connectivity index (χ0n) is 5.76. The van der Waals surface area contributed by atoms with Crippen molar-refractivity contribution < 1.29 is 0 Å². The van der Waals surface area contributed by atoms with Crippen LogP contribution in [0.3, 0.4) is 0 Å². The average Bonchev–Trinajstić information content (AvgIpc) is 2.14. The van der Waals surface area contributed by atoms with Gasteiger partial charge in [-0.2, -0.15) is 5.10 Å². The molecule has 1 atom stereocenters. The van der Waals surface area contributed by atoms with Gasteiger partial charge in [0.2, 0.25) is 0 Å². The minimum absolute atomic E-state index is 0.154. The van der Waals surface area contributed by atoms with Gasteiger partial charge in [-0.1, -0.05) is 22.6 Å². The van der Waals surface area contributed by atoms with E-state index in [2.05, 4.69) is 32.8 Å². The summed E-state index contributed by atoms with van der Waals surface area (Å²) in [5.74, 6) is 0.783. The highest BCUT2D eigenvalue weighted by atomic mass is 127. The van der Waals surface area contributed by atoms with E-state index >= 15 is 0 Å². The third-order valence-corrected chi connectivity index (χ3v) is 1.83. The van der Waals surface area contributed by atoms with E-state index in [-0.39, 0.29) is 9.61 Å². The van der Waals surface area contributed by atoms with Crippen molar-refractivity contribution in [3.05, 3.63) is 16.3 Å². The number of aromatic nitrogens is 3. The van der Waals surface area contributed by atoms with Gasteiger partial charge >= 0.3 is 5.69 Å². The maximum atomic E-state index is 10.8. The molecule has 0 fully saturated rings. The van der Waals surface area contributed by atoms with E-state index in [1.165, 1.54) is 4.57 Å². The minimum Gasteiger partial charge on any atom is -0.281 e. The quantitative estimate of drug-likeness (QED) is 0.588. The summed E-state index contributed by atoms with van der Waals surface area (Å²) in [6, 6.07) is 0. The first-order valence-electron chi connectivity index (χ1n) is 2.88. The van der Waals surface area contributed by atoms with E-state index in [4.69, 9.17) is 0 Å². The molecule has 0 aliphatic carbocycles. The van der Waals surface area contributed by atoms with Gasteiger partial charge in [-0.3, -0.25) is 4.57 Å². The van der Waals surface area contributed by atoms with E-state index in [0.717, 1.165) is 5.82 Å². The van der Waals surface area contributed by atoms with E-state index in [9.17, 15) is 4.79 Å². The van der Waals surface area contributed by atoms with Gasteiger partial charge in [-0.25, -0.2) is 9.89 Å². The van der Waals surface area contributed by atoms with Gasteiger partial charge < -0.3 is 0 Å². The number of nitrogens with zero attached hydrogens (tertiary/aromatic N) is 2. The summed E-state index contributed by atoms with van der Waals surface area (Å²) >= 11 is 2.21. The zero-order chi connectivity index (χ0) is 7.72. The molecule has 1 rings (SSSR count). The normalized spacial score (nSPS) is 13.5. The fourth-order valence-electron chi connectivity index (χ4n) is 0.715. The summed E-state index contributed by atoms with van der Waals surface area (Å²) in [5, 5.41) is 6.20. The van der Waals surface area contributed by atoms with Crippen LogP contribution in [-0.2, 0) is 7.05 Å². The van der Waals surface area contributed by atoms with E-state index in [1.54, 1.807) is 7.05 Å². The van der Waals surface area contributed by atoms with Crippen LogP contribution in [0.4, 0.5) is 0 Å². The van der Waals surface area contributed by atoms with Crippen LogP contribution >= 0.6 is 22.6 Å². The summed E-state index contributed by atoms with van der Waals surface area (Å²) in [5.41, 5.74) is -0.154. The molecule has 1 N–H and O–H groups in total. The number of rotatable bonds is 1. The molecule has 1 unspecified atom stereocenters. The number of halogens is 1. The minimum atomic E-state index is -0.154. The van der Waals surface area contributed by atoms with Crippen LogP contribution < -0.4 is 5.69 Å². The fourth-order valence-corrected chi connectivity index (χ4v) is 1.27. The van der Waals surface area contributed by atoms with Crippen molar-refractivity contribution in [2.75, 3.05) is 0 Å². The van der Waals surface area contributed by atoms with E-state index in [0.29, 0.717) is 0 Å². The third kappa shape index (κ3) is 1.23. The van der Waals surface area contributed by atoms with Crippen LogP contribution in [-0.4, -0.2) is 14.8 Å². The Morgan fingerprint density at radius 2 is 2.40 bits per heavy atom. The first-order chi connectivity index (χ1) is 4.63. The van der Waals surface area contributed by atoms with E-state index in [1.807, 2.05) is 6.92 Å². The van der Waals surface area contributed by atoms with Crippen molar-refractivity contribution in [2.24, 2.45) is 7.05 Å².